The molecule has 1 nitrogen and oxygen atoms in total. The average Bonchev–Trinajstić information content (AvgIpc) is 2.52. The van der Waals surface area contributed by atoms with Crippen LogP contribution in [-0.4, -0.2) is 18.8 Å². The lowest BCUT2D eigenvalue weighted by Gasteiger charge is -2.37. The van der Waals surface area contributed by atoms with Crippen molar-refractivity contribution >= 4 is 0 Å². The second-order valence-electron chi connectivity index (χ2n) is 3.93. The molecule has 0 aromatic carbocycles. The van der Waals surface area contributed by atoms with E-state index in [4.69, 9.17) is 0 Å². The van der Waals surface area contributed by atoms with Crippen molar-refractivity contribution in [3.63, 3.8) is 0 Å². The molecule has 0 saturated heterocycles. The molecule has 0 aromatic rings. The molecule has 1 aliphatic rings. The number of hydrogen-bond acceptors (Lipinski definition) is 1. The predicted molar refractivity (Wildman–Crippen MR) is 45.5 cm³/mol. The van der Waals surface area contributed by atoms with Crippen molar-refractivity contribution in [3.05, 3.63) is 0 Å². The molecule has 1 N–H and O–H groups in total. The van der Waals surface area contributed by atoms with Gasteiger partial charge >= 0.3 is 6.18 Å². The molecule has 1 fully saturated rings. The van der Waals surface area contributed by atoms with E-state index in [-0.39, 0.29) is 5.92 Å². The van der Waals surface area contributed by atoms with Crippen LogP contribution >= 0.6 is 0 Å². The largest absolute Gasteiger partial charge is 0.406 e. The Balaban J connectivity index is 2.79. The highest BCUT2D eigenvalue weighted by Crippen LogP contribution is 2.43. The van der Waals surface area contributed by atoms with E-state index in [1.165, 1.54) is 14.0 Å². The maximum absolute atomic E-state index is 12.7. The van der Waals surface area contributed by atoms with Gasteiger partial charge in [0, 0.05) is 0 Å². The average molecular weight is 195 g/mol. The van der Waals surface area contributed by atoms with Gasteiger partial charge in [-0.3, -0.25) is 0 Å². The van der Waals surface area contributed by atoms with Gasteiger partial charge in [-0.2, -0.15) is 13.2 Å². The SMILES string of the molecule is CNC(C)(C1CCCC1)C(F)(F)F. The summed E-state index contributed by atoms with van der Waals surface area (Å²) in [4.78, 5) is 0. The summed E-state index contributed by atoms with van der Waals surface area (Å²) in [5.74, 6) is -0.252. The Bertz CT molecular complexity index is 172. The molecule has 78 valence electrons. The summed E-state index contributed by atoms with van der Waals surface area (Å²) in [5.41, 5.74) is -1.69. The molecule has 1 unspecified atom stereocenters. The first-order chi connectivity index (χ1) is 5.92. The number of rotatable bonds is 2. The molecule has 0 radical (unpaired) electrons. The summed E-state index contributed by atoms with van der Waals surface area (Å²) in [7, 11) is 1.39. The quantitative estimate of drug-likeness (QED) is 0.714. The van der Waals surface area contributed by atoms with Gasteiger partial charge in [-0.25, -0.2) is 0 Å². The summed E-state index contributed by atoms with van der Waals surface area (Å²) in [5, 5.41) is 2.44. The molecule has 1 rings (SSSR count). The topological polar surface area (TPSA) is 12.0 Å². The van der Waals surface area contributed by atoms with Gasteiger partial charge in [-0.05, 0) is 32.7 Å². The van der Waals surface area contributed by atoms with Crippen LogP contribution < -0.4 is 5.32 Å². The van der Waals surface area contributed by atoms with Crippen LogP contribution in [0.3, 0.4) is 0 Å². The van der Waals surface area contributed by atoms with E-state index in [1.54, 1.807) is 0 Å². The van der Waals surface area contributed by atoms with Crippen molar-refractivity contribution in [1.82, 2.24) is 5.32 Å². The Labute approximate surface area is 76.7 Å². The molecular weight excluding hydrogens is 179 g/mol. The number of halogens is 3. The first-order valence-electron chi connectivity index (χ1n) is 4.67. The fourth-order valence-corrected chi connectivity index (χ4v) is 2.08. The van der Waals surface area contributed by atoms with E-state index in [0.29, 0.717) is 12.8 Å². The minimum absolute atomic E-state index is 0.252. The standard InChI is InChI=1S/C9H16F3N/c1-8(13-2,9(10,11)12)7-5-3-4-6-7/h7,13H,3-6H2,1-2H3. The summed E-state index contributed by atoms with van der Waals surface area (Å²) in [6, 6.07) is 0. The van der Waals surface area contributed by atoms with Crippen LogP contribution in [0.1, 0.15) is 32.6 Å². The second kappa shape index (κ2) is 3.48. The van der Waals surface area contributed by atoms with Crippen LogP contribution in [0.5, 0.6) is 0 Å². The smallest absolute Gasteiger partial charge is 0.307 e. The van der Waals surface area contributed by atoms with Crippen LogP contribution in [0.25, 0.3) is 0 Å². The van der Waals surface area contributed by atoms with E-state index in [9.17, 15) is 13.2 Å². The number of nitrogens with one attached hydrogen (secondary N) is 1. The van der Waals surface area contributed by atoms with Crippen molar-refractivity contribution in [2.24, 2.45) is 5.92 Å². The maximum atomic E-state index is 12.7. The minimum atomic E-state index is -4.14. The highest BCUT2D eigenvalue weighted by atomic mass is 19.4. The van der Waals surface area contributed by atoms with Crippen LogP contribution in [-0.2, 0) is 0 Å². The van der Waals surface area contributed by atoms with Crippen LogP contribution in [0, 0.1) is 5.92 Å². The Kier molecular flexibility index (Phi) is 2.90. The van der Waals surface area contributed by atoms with Gasteiger partial charge in [-0.15, -0.1) is 0 Å². The van der Waals surface area contributed by atoms with Crippen molar-refractivity contribution in [2.45, 2.75) is 44.3 Å². The first kappa shape index (κ1) is 10.8. The zero-order valence-electron chi connectivity index (χ0n) is 8.04. The van der Waals surface area contributed by atoms with E-state index in [0.717, 1.165) is 12.8 Å². The van der Waals surface area contributed by atoms with Crippen LogP contribution in [0.15, 0.2) is 0 Å². The van der Waals surface area contributed by atoms with E-state index in [2.05, 4.69) is 5.32 Å². The zero-order chi connectivity index (χ0) is 10.1. The van der Waals surface area contributed by atoms with Crippen LogP contribution in [0.2, 0.25) is 0 Å². The maximum Gasteiger partial charge on any atom is 0.406 e. The van der Waals surface area contributed by atoms with Gasteiger partial charge in [0.1, 0.15) is 5.54 Å². The predicted octanol–water partition coefficient (Wildman–Crippen LogP) is 2.72. The van der Waals surface area contributed by atoms with Crippen LogP contribution in [0.4, 0.5) is 13.2 Å². The summed E-state index contributed by atoms with van der Waals surface area (Å²) >= 11 is 0. The monoisotopic (exact) mass is 195 g/mol. The van der Waals surface area contributed by atoms with Crippen molar-refractivity contribution in [3.8, 4) is 0 Å². The molecule has 0 bridgehead atoms. The molecule has 0 aromatic heterocycles. The van der Waals surface area contributed by atoms with Crippen molar-refractivity contribution in [1.29, 1.82) is 0 Å². The van der Waals surface area contributed by atoms with E-state index < -0.39 is 11.7 Å². The molecule has 4 heteroatoms. The zero-order valence-corrected chi connectivity index (χ0v) is 8.04. The molecule has 13 heavy (non-hydrogen) atoms. The Morgan fingerprint density at radius 1 is 1.15 bits per heavy atom. The fraction of sp³-hybridized carbons (Fsp3) is 1.00. The molecule has 1 saturated carbocycles. The molecule has 1 atom stereocenters. The minimum Gasteiger partial charge on any atom is -0.307 e. The first-order valence-corrected chi connectivity index (χ1v) is 4.67. The molecule has 0 amide bonds. The van der Waals surface area contributed by atoms with Crippen molar-refractivity contribution < 1.29 is 13.2 Å². The summed E-state index contributed by atoms with van der Waals surface area (Å²) in [6.07, 6.45) is -0.902. The molecule has 0 aliphatic heterocycles. The Morgan fingerprint density at radius 2 is 1.62 bits per heavy atom. The summed E-state index contributed by atoms with van der Waals surface area (Å²) in [6.45, 7) is 1.27. The lowest BCUT2D eigenvalue weighted by Crippen LogP contribution is -2.57. The van der Waals surface area contributed by atoms with Gasteiger partial charge in [0.15, 0.2) is 0 Å². The summed E-state index contributed by atoms with van der Waals surface area (Å²) < 4.78 is 38.1. The number of hydrogen-bond donors (Lipinski definition) is 1. The lowest BCUT2D eigenvalue weighted by molar-refractivity contribution is -0.205. The van der Waals surface area contributed by atoms with Gasteiger partial charge in [0.25, 0.3) is 0 Å². The Morgan fingerprint density at radius 3 is 1.92 bits per heavy atom. The molecule has 0 heterocycles. The van der Waals surface area contributed by atoms with E-state index in [1.807, 2.05) is 0 Å². The second-order valence-corrected chi connectivity index (χ2v) is 3.93. The third-order valence-electron chi connectivity index (χ3n) is 3.28. The normalized spacial score (nSPS) is 24.7. The highest BCUT2D eigenvalue weighted by Gasteiger charge is 2.55. The third kappa shape index (κ3) is 1.82. The highest BCUT2D eigenvalue weighted by molar-refractivity contribution is 4.97. The van der Waals surface area contributed by atoms with Gasteiger partial charge in [-0.1, -0.05) is 12.8 Å². The fourth-order valence-electron chi connectivity index (χ4n) is 2.08. The van der Waals surface area contributed by atoms with Gasteiger partial charge in [0.05, 0.1) is 0 Å². The third-order valence-corrected chi connectivity index (χ3v) is 3.28. The lowest BCUT2D eigenvalue weighted by atomic mass is 9.84. The van der Waals surface area contributed by atoms with Gasteiger partial charge in [0.2, 0.25) is 0 Å². The van der Waals surface area contributed by atoms with Crippen molar-refractivity contribution in [2.75, 3.05) is 7.05 Å². The molecule has 1 aliphatic carbocycles. The van der Waals surface area contributed by atoms with Gasteiger partial charge < -0.3 is 5.32 Å². The molecular formula is C9H16F3N. The molecule has 0 spiro atoms. The Hall–Kier alpha value is -0.250. The van der Waals surface area contributed by atoms with E-state index >= 15 is 0 Å². The number of alkyl halides is 3.